The Morgan fingerprint density at radius 2 is 2.03 bits per heavy atom. The van der Waals surface area contributed by atoms with E-state index in [2.05, 4.69) is 26.2 Å². The average molecular weight is 557 g/mol. The van der Waals surface area contributed by atoms with Crippen molar-refractivity contribution in [2.24, 2.45) is 5.73 Å². The van der Waals surface area contributed by atoms with Gasteiger partial charge in [0.2, 0.25) is 5.16 Å². The number of carboxylic acid groups (broad SMARTS) is 1. The number of carbonyl (C=O) groups excluding carboxylic acids is 4. The molecular formula is C20H21N8NaO6S2. The fraction of sp³-hybridized carbons (Fsp3) is 0.350. The molecule has 2 aromatic rings. The van der Waals surface area contributed by atoms with Gasteiger partial charge >= 0.3 is 35.6 Å². The SMILES string of the molecule is NC(=O)NCCn1nnnc1SCC1=C(C(=O)[O-])N2C(=O)C(NC(=O)[C@H](O)c3ccccc3)[C@H]2SC1.[Na+]. The van der Waals surface area contributed by atoms with Gasteiger partial charge in [0.15, 0.2) is 6.10 Å². The summed E-state index contributed by atoms with van der Waals surface area (Å²) in [6, 6.07) is 6.59. The molecule has 37 heavy (non-hydrogen) atoms. The van der Waals surface area contributed by atoms with Gasteiger partial charge in [-0.15, -0.1) is 16.9 Å². The van der Waals surface area contributed by atoms with Gasteiger partial charge in [-0.3, -0.25) is 14.5 Å². The molecule has 17 heteroatoms. The van der Waals surface area contributed by atoms with Crippen molar-refractivity contribution < 1.29 is 58.9 Å². The first-order valence-electron chi connectivity index (χ1n) is 10.6. The first-order valence-corrected chi connectivity index (χ1v) is 12.6. The molecule has 2 aliphatic heterocycles. The Morgan fingerprint density at radius 1 is 1.30 bits per heavy atom. The summed E-state index contributed by atoms with van der Waals surface area (Å²) in [4.78, 5) is 49.2. The molecule has 14 nitrogen and oxygen atoms in total. The third kappa shape index (κ3) is 6.45. The third-order valence-corrected chi connectivity index (χ3v) is 7.78. The van der Waals surface area contributed by atoms with Crippen LogP contribution in [0.25, 0.3) is 0 Å². The Morgan fingerprint density at radius 3 is 2.70 bits per heavy atom. The molecule has 1 saturated heterocycles. The molecule has 1 aromatic heterocycles. The number of rotatable bonds is 10. The van der Waals surface area contributed by atoms with Gasteiger partial charge in [-0.1, -0.05) is 42.1 Å². The Hall–Kier alpha value is -2.63. The van der Waals surface area contributed by atoms with Crippen molar-refractivity contribution in [3.8, 4) is 0 Å². The van der Waals surface area contributed by atoms with Gasteiger partial charge in [-0.05, 0) is 21.6 Å². The van der Waals surface area contributed by atoms with E-state index in [0.29, 0.717) is 16.3 Å². The van der Waals surface area contributed by atoms with E-state index in [0.717, 1.165) is 16.7 Å². The maximum Gasteiger partial charge on any atom is 1.00 e. The monoisotopic (exact) mass is 556 g/mol. The predicted molar refractivity (Wildman–Crippen MR) is 125 cm³/mol. The van der Waals surface area contributed by atoms with Gasteiger partial charge < -0.3 is 31.4 Å². The molecule has 1 unspecified atom stereocenters. The van der Waals surface area contributed by atoms with Crippen molar-refractivity contribution in [2.45, 2.75) is 29.2 Å². The minimum absolute atomic E-state index is 0. The normalized spacial score (nSPS) is 19.3. The van der Waals surface area contributed by atoms with E-state index in [1.54, 1.807) is 30.3 Å². The van der Waals surface area contributed by atoms with Crippen LogP contribution >= 0.6 is 23.5 Å². The van der Waals surface area contributed by atoms with Crippen LogP contribution in [0, 0.1) is 0 Å². The zero-order valence-corrected chi connectivity index (χ0v) is 23.2. The van der Waals surface area contributed by atoms with E-state index in [4.69, 9.17) is 5.73 Å². The van der Waals surface area contributed by atoms with Crippen LogP contribution in [0.5, 0.6) is 0 Å². The molecular weight excluding hydrogens is 535 g/mol. The Balaban J connectivity index is 0.00000380. The molecule has 0 bridgehead atoms. The van der Waals surface area contributed by atoms with Crippen LogP contribution in [0.1, 0.15) is 11.7 Å². The Bertz CT molecular complexity index is 1210. The summed E-state index contributed by atoms with van der Waals surface area (Å²) in [5.74, 6) is -2.44. The third-order valence-electron chi connectivity index (χ3n) is 5.40. The number of aliphatic hydroxyl groups excluding tert-OH is 1. The fourth-order valence-electron chi connectivity index (χ4n) is 3.68. The number of primary amides is 1. The second-order valence-electron chi connectivity index (χ2n) is 7.71. The molecule has 1 fully saturated rings. The summed E-state index contributed by atoms with van der Waals surface area (Å²) >= 11 is 2.45. The van der Waals surface area contributed by atoms with Crippen LogP contribution in [-0.4, -0.2) is 83.5 Å². The number of nitrogens with zero attached hydrogens (tertiary/aromatic N) is 5. The van der Waals surface area contributed by atoms with Crippen LogP contribution in [0.2, 0.25) is 0 Å². The number of aromatic nitrogens is 4. The van der Waals surface area contributed by atoms with Crippen molar-refractivity contribution in [2.75, 3.05) is 18.1 Å². The number of aliphatic hydroxyl groups is 1. The topological polar surface area (TPSA) is 208 Å². The molecule has 0 spiro atoms. The number of carbonyl (C=O) groups is 4. The molecule has 5 N–H and O–H groups in total. The number of benzene rings is 1. The van der Waals surface area contributed by atoms with Gasteiger partial charge in [-0.2, -0.15) is 0 Å². The van der Waals surface area contributed by atoms with E-state index in [9.17, 15) is 29.4 Å². The zero-order valence-electron chi connectivity index (χ0n) is 19.6. The summed E-state index contributed by atoms with van der Waals surface area (Å²) in [6.45, 7) is 0.453. The molecule has 190 valence electrons. The maximum absolute atomic E-state index is 12.8. The van der Waals surface area contributed by atoms with E-state index < -0.39 is 41.3 Å². The largest absolute Gasteiger partial charge is 1.00 e. The van der Waals surface area contributed by atoms with Gasteiger partial charge in [0.25, 0.3) is 11.8 Å². The van der Waals surface area contributed by atoms with Gasteiger partial charge in [-0.25, -0.2) is 9.48 Å². The smallest absolute Gasteiger partial charge is 0.543 e. The standard InChI is InChI=1S/C20H22N8O6S2.Na/c21-19(34)22-6-7-27-20(24-25-26-27)36-9-11-8-35-17-12(16(31)28(17)13(11)18(32)33)23-15(30)14(29)10-4-2-1-3-5-10;/h1-5,12,14,17,29H,6-9H2,(H,23,30)(H,32,33)(H3,21,22,34);/q;+1/p-1/t12?,14-,17-;/m1./s1. The predicted octanol–water partition coefficient (Wildman–Crippen LogP) is -5.42. The second-order valence-corrected chi connectivity index (χ2v) is 9.76. The van der Waals surface area contributed by atoms with E-state index in [-0.39, 0.29) is 59.8 Å². The van der Waals surface area contributed by atoms with Crippen LogP contribution in [-0.2, 0) is 20.9 Å². The van der Waals surface area contributed by atoms with Crippen molar-refractivity contribution in [1.29, 1.82) is 0 Å². The van der Waals surface area contributed by atoms with Crippen LogP contribution in [0.3, 0.4) is 0 Å². The number of hydrogen-bond donors (Lipinski definition) is 4. The molecule has 0 saturated carbocycles. The quantitative estimate of drug-likeness (QED) is 0.123. The molecule has 2 aliphatic rings. The Labute approximate surface area is 241 Å². The number of aliphatic carboxylic acids is 1. The molecule has 1 aromatic carbocycles. The summed E-state index contributed by atoms with van der Waals surface area (Å²) in [5.41, 5.74) is 5.60. The number of amides is 4. The number of fused-ring (bicyclic) bond motifs is 1. The van der Waals surface area contributed by atoms with E-state index in [1.165, 1.54) is 16.4 Å². The van der Waals surface area contributed by atoms with E-state index >= 15 is 0 Å². The number of urea groups is 1. The van der Waals surface area contributed by atoms with Crippen molar-refractivity contribution in [3.63, 3.8) is 0 Å². The number of nitrogens with two attached hydrogens (primary N) is 1. The van der Waals surface area contributed by atoms with Crippen molar-refractivity contribution in [1.82, 2.24) is 35.7 Å². The summed E-state index contributed by atoms with van der Waals surface area (Å²) in [5, 5.41) is 38.2. The first-order chi connectivity index (χ1) is 17.3. The van der Waals surface area contributed by atoms with Gasteiger partial charge in [0.05, 0.1) is 18.2 Å². The van der Waals surface area contributed by atoms with Crippen LogP contribution in [0.15, 0.2) is 46.8 Å². The molecule has 3 atom stereocenters. The second kappa shape index (κ2) is 12.7. The van der Waals surface area contributed by atoms with Crippen LogP contribution < -0.4 is 51.0 Å². The zero-order chi connectivity index (χ0) is 25.8. The number of tetrazole rings is 1. The molecule has 4 rings (SSSR count). The summed E-state index contributed by atoms with van der Waals surface area (Å²) in [6.07, 6.45) is -1.46. The average Bonchev–Trinajstić information content (AvgIpc) is 3.32. The van der Waals surface area contributed by atoms with Crippen molar-refractivity contribution in [3.05, 3.63) is 47.2 Å². The van der Waals surface area contributed by atoms with Crippen LogP contribution in [0.4, 0.5) is 4.79 Å². The molecule has 0 aliphatic carbocycles. The van der Waals surface area contributed by atoms with Crippen molar-refractivity contribution >= 4 is 47.3 Å². The molecule has 3 heterocycles. The van der Waals surface area contributed by atoms with Gasteiger partial charge in [0.1, 0.15) is 11.4 Å². The number of hydrogen-bond acceptors (Lipinski definition) is 11. The molecule has 0 radical (unpaired) electrons. The minimum atomic E-state index is -1.51. The summed E-state index contributed by atoms with van der Waals surface area (Å²) in [7, 11) is 0. The number of carboxylic acids is 1. The number of thioether (sulfide) groups is 2. The number of β-lactam (4-membered cyclic amide) rings is 1. The molecule has 4 amide bonds. The maximum atomic E-state index is 12.8. The van der Waals surface area contributed by atoms with E-state index in [1.807, 2.05) is 0 Å². The Kier molecular flexibility index (Phi) is 9.97. The minimum Gasteiger partial charge on any atom is -0.543 e. The first kappa shape index (κ1) is 28.9. The van der Waals surface area contributed by atoms with Gasteiger partial charge in [0, 0.05) is 18.1 Å². The summed E-state index contributed by atoms with van der Waals surface area (Å²) < 4.78 is 1.43. The number of nitrogens with one attached hydrogen (secondary N) is 2. The fourth-order valence-corrected chi connectivity index (χ4v) is 6.07.